The fraction of sp³-hybridized carbons (Fsp3) is 0.261. The lowest BCUT2D eigenvalue weighted by Gasteiger charge is -2.23. The number of thioether (sulfide) groups is 1. The second-order valence-corrected chi connectivity index (χ2v) is 9.30. The Labute approximate surface area is 205 Å². The van der Waals surface area contributed by atoms with E-state index in [1.165, 1.54) is 11.8 Å². The van der Waals surface area contributed by atoms with Crippen molar-refractivity contribution < 1.29 is 14.4 Å². The van der Waals surface area contributed by atoms with Crippen molar-refractivity contribution >= 4 is 46.9 Å². The number of nitrogens with one attached hydrogen (secondary N) is 3. The first-order valence-corrected chi connectivity index (χ1v) is 12.0. The van der Waals surface area contributed by atoms with Gasteiger partial charge in [0, 0.05) is 35.3 Å². The summed E-state index contributed by atoms with van der Waals surface area (Å²) >= 11 is 7.30. The topological polar surface area (TPSA) is 118 Å². The maximum Gasteiger partial charge on any atom is 0.321 e. The minimum absolute atomic E-state index is 0.127. The van der Waals surface area contributed by atoms with E-state index in [9.17, 15) is 14.4 Å². The van der Waals surface area contributed by atoms with E-state index in [1.807, 2.05) is 48.7 Å². The lowest BCUT2D eigenvalue weighted by atomic mass is 10.1. The molecule has 3 N–H and O–H groups in total. The van der Waals surface area contributed by atoms with Crippen LogP contribution in [0.5, 0.6) is 0 Å². The molecule has 11 heteroatoms. The summed E-state index contributed by atoms with van der Waals surface area (Å²) in [5.41, 5.74) is 3.65. The van der Waals surface area contributed by atoms with Gasteiger partial charge < -0.3 is 10.6 Å². The van der Waals surface area contributed by atoms with Crippen LogP contribution in [-0.2, 0) is 16.0 Å². The second kappa shape index (κ2) is 10.3. The summed E-state index contributed by atoms with van der Waals surface area (Å²) in [5, 5.41) is 17.6. The van der Waals surface area contributed by atoms with Gasteiger partial charge >= 0.3 is 6.03 Å². The highest BCUT2D eigenvalue weighted by atomic mass is 35.5. The number of urea groups is 1. The Morgan fingerprint density at radius 3 is 2.68 bits per heavy atom. The molecule has 9 nitrogen and oxygen atoms in total. The van der Waals surface area contributed by atoms with Gasteiger partial charge in [-0.2, -0.15) is 0 Å². The molecule has 4 amide bonds. The molecule has 34 heavy (non-hydrogen) atoms. The summed E-state index contributed by atoms with van der Waals surface area (Å²) in [6.07, 6.45) is 0.434. The molecular weight excluding hydrogens is 476 g/mol. The van der Waals surface area contributed by atoms with Crippen LogP contribution >= 0.6 is 23.4 Å². The van der Waals surface area contributed by atoms with E-state index in [0.717, 1.165) is 22.5 Å². The Bertz CT molecular complexity index is 1230. The predicted molar refractivity (Wildman–Crippen MR) is 130 cm³/mol. The van der Waals surface area contributed by atoms with Crippen molar-refractivity contribution in [3.63, 3.8) is 0 Å². The molecular formula is C23H23ClN6O3S. The van der Waals surface area contributed by atoms with E-state index in [1.54, 1.807) is 12.1 Å². The van der Waals surface area contributed by atoms with Gasteiger partial charge in [0.1, 0.15) is 5.82 Å². The zero-order valence-corrected chi connectivity index (χ0v) is 20.2. The summed E-state index contributed by atoms with van der Waals surface area (Å²) in [5.74, 6) is 0.174. The molecule has 0 saturated carbocycles. The van der Waals surface area contributed by atoms with Crippen LogP contribution in [0.2, 0.25) is 5.02 Å². The lowest BCUT2D eigenvalue weighted by Crippen LogP contribution is -2.53. The Hall–Kier alpha value is -3.37. The minimum Gasteiger partial charge on any atom is -0.334 e. The molecule has 1 saturated heterocycles. The fourth-order valence-electron chi connectivity index (χ4n) is 3.60. The van der Waals surface area contributed by atoms with Crippen LogP contribution in [0.1, 0.15) is 23.4 Å². The number of rotatable bonds is 7. The standard InChI is InChI=1S/C23H23ClN6O3S/c1-13-4-3-5-18(14(13)2)26-21(32)12-34-23-29-28-19(10-16-11-20(31)27-22(33)25-16)30(23)17-8-6-15(24)7-9-17/h3-9,16H,10-12H2,1-2H3,(H,26,32)(H2,25,27,31,33). The van der Waals surface area contributed by atoms with E-state index in [4.69, 9.17) is 11.6 Å². The van der Waals surface area contributed by atoms with Gasteiger partial charge in [0.15, 0.2) is 5.16 Å². The molecule has 2 aromatic carbocycles. The third-order valence-corrected chi connectivity index (χ3v) is 6.63. The van der Waals surface area contributed by atoms with Gasteiger partial charge in [0.2, 0.25) is 11.8 Å². The van der Waals surface area contributed by atoms with Crippen molar-refractivity contribution in [2.75, 3.05) is 11.1 Å². The SMILES string of the molecule is Cc1cccc(NC(=O)CSc2nnc(CC3CC(=O)NC(=O)N3)n2-c2ccc(Cl)cc2)c1C. The number of aryl methyl sites for hydroxylation is 1. The highest BCUT2D eigenvalue weighted by Crippen LogP contribution is 2.25. The molecule has 1 aromatic heterocycles. The Morgan fingerprint density at radius 2 is 1.94 bits per heavy atom. The molecule has 176 valence electrons. The minimum atomic E-state index is -0.531. The molecule has 1 aliphatic heterocycles. The van der Waals surface area contributed by atoms with Crippen LogP contribution in [-0.4, -0.2) is 44.4 Å². The number of benzene rings is 2. The maximum atomic E-state index is 12.6. The maximum absolute atomic E-state index is 12.6. The molecule has 1 aliphatic rings. The molecule has 0 radical (unpaired) electrons. The number of imide groups is 1. The van der Waals surface area contributed by atoms with Gasteiger partial charge in [0.25, 0.3) is 0 Å². The Morgan fingerprint density at radius 1 is 1.18 bits per heavy atom. The largest absolute Gasteiger partial charge is 0.334 e. The number of aromatic nitrogens is 3. The molecule has 1 unspecified atom stereocenters. The molecule has 0 bridgehead atoms. The molecule has 1 fully saturated rings. The van der Waals surface area contributed by atoms with Gasteiger partial charge in [0.05, 0.1) is 5.75 Å². The molecule has 4 rings (SSSR count). The third-order valence-electron chi connectivity index (χ3n) is 5.45. The van der Waals surface area contributed by atoms with Gasteiger partial charge in [-0.25, -0.2) is 4.79 Å². The molecule has 0 spiro atoms. The third kappa shape index (κ3) is 5.57. The smallest absolute Gasteiger partial charge is 0.321 e. The number of hydrogen-bond acceptors (Lipinski definition) is 6. The van der Waals surface area contributed by atoms with Gasteiger partial charge in [-0.3, -0.25) is 19.5 Å². The summed E-state index contributed by atoms with van der Waals surface area (Å²) in [7, 11) is 0. The van der Waals surface area contributed by atoms with Crippen LogP contribution in [0.3, 0.4) is 0 Å². The van der Waals surface area contributed by atoms with Crippen molar-refractivity contribution in [3.05, 3.63) is 64.4 Å². The molecule has 3 aromatic rings. The predicted octanol–water partition coefficient (Wildman–Crippen LogP) is 3.41. The van der Waals surface area contributed by atoms with Crippen molar-refractivity contribution in [2.24, 2.45) is 0 Å². The van der Waals surface area contributed by atoms with E-state index in [2.05, 4.69) is 26.1 Å². The monoisotopic (exact) mass is 498 g/mol. The summed E-state index contributed by atoms with van der Waals surface area (Å²) in [6.45, 7) is 3.96. The number of nitrogens with zero attached hydrogens (tertiary/aromatic N) is 3. The van der Waals surface area contributed by atoms with Crippen LogP contribution in [0.15, 0.2) is 47.6 Å². The average molecular weight is 499 g/mol. The normalized spacial score (nSPS) is 15.6. The first-order chi connectivity index (χ1) is 16.3. The number of hydrogen-bond donors (Lipinski definition) is 3. The van der Waals surface area contributed by atoms with Crippen molar-refractivity contribution in [2.45, 2.75) is 37.9 Å². The van der Waals surface area contributed by atoms with Gasteiger partial charge in [-0.15, -0.1) is 10.2 Å². The molecule has 0 aliphatic carbocycles. The fourth-order valence-corrected chi connectivity index (χ4v) is 4.49. The molecule has 1 atom stereocenters. The first-order valence-electron chi connectivity index (χ1n) is 10.6. The summed E-state index contributed by atoms with van der Waals surface area (Å²) < 4.78 is 1.81. The highest BCUT2D eigenvalue weighted by Gasteiger charge is 2.27. The molecule has 2 heterocycles. The number of amides is 4. The quantitative estimate of drug-likeness (QED) is 0.430. The zero-order valence-electron chi connectivity index (χ0n) is 18.6. The van der Waals surface area contributed by atoms with Crippen LogP contribution in [0.4, 0.5) is 10.5 Å². The van der Waals surface area contributed by atoms with Crippen LogP contribution < -0.4 is 16.0 Å². The lowest BCUT2D eigenvalue weighted by molar-refractivity contribution is -0.121. The average Bonchev–Trinajstić information content (AvgIpc) is 3.17. The number of halogens is 1. The van der Waals surface area contributed by atoms with Gasteiger partial charge in [-0.05, 0) is 55.3 Å². The second-order valence-electron chi connectivity index (χ2n) is 7.92. The van der Waals surface area contributed by atoms with Crippen molar-refractivity contribution in [1.29, 1.82) is 0 Å². The van der Waals surface area contributed by atoms with Crippen molar-refractivity contribution in [3.8, 4) is 5.69 Å². The summed E-state index contributed by atoms with van der Waals surface area (Å²) in [4.78, 5) is 36.1. The Kier molecular flexibility index (Phi) is 7.18. The van der Waals surface area contributed by atoms with Crippen LogP contribution in [0.25, 0.3) is 5.69 Å². The Balaban J connectivity index is 1.54. The number of carbonyl (C=O) groups excluding carboxylic acids is 3. The zero-order chi connectivity index (χ0) is 24.2. The van der Waals surface area contributed by atoms with Crippen LogP contribution in [0, 0.1) is 13.8 Å². The number of anilines is 1. The van der Waals surface area contributed by atoms with E-state index >= 15 is 0 Å². The van der Waals surface area contributed by atoms with Crippen molar-refractivity contribution in [1.82, 2.24) is 25.4 Å². The van der Waals surface area contributed by atoms with E-state index in [-0.39, 0.29) is 24.0 Å². The van der Waals surface area contributed by atoms with Gasteiger partial charge in [-0.1, -0.05) is 35.5 Å². The highest BCUT2D eigenvalue weighted by molar-refractivity contribution is 7.99. The summed E-state index contributed by atoms with van der Waals surface area (Å²) in [6, 6.07) is 12.0. The van der Waals surface area contributed by atoms with E-state index < -0.39 is 12.1 Å². The van der Waals surface area contributed by atoms with E-state index in [0.29, 0.717) is 22.4 Å². The first kappa shape index (κ1) is 23.8. The number of carbonyl (C=O) groups is 3.